The zero-order valence-corrected chi connectivity index (χ0v) is 14.2. The molecule has 7 heteroatoms. The van der Waals surface area contributed by atoms with Gasteiger partial charge in [-0.15, -0.1) is 0 Å². The molecule has 0 aliphatic carbocycles. The predicted octanol–water partition coefficient (Wildman–Crippen LogP) is 0.718. The highest BCUT2D eigenvalue weighted by molar-refractivity contribution is 9.10. The molecule has 0 aliphatic heterocycles. The molecule has 0 fully saturated rings. The van der Waals surface area contributed by atoms with Crippen molar-refractivity contribution in [1.82, 2.24) is 14.6 Å². The maximum absolute atomic E-state index is 12.5. The Labute approximate surface area is 136 Å². The number of nitrogens with zero attached hydrogens (tertiary/aromatic N) is 2. The van der Waals surface area contributed by atoms with Crippen molar-refractivity contribution in [3.05, 3.63) is 39.4 Å². The van der Waals surface area contributed by atoms with Crippen molar-refractivity contribution >= 4 is 37.9 Å². The van der Waals surface area contributed by atoms with Crippen molar-refractivity contribution in [2.45, 2.75) is 6.42 Å². The third kappa shape index (κ3) is 2.86. The van der Waals surface area contributed by atoms with Crippen molar-refractivity contribution in [1.29, 1.82) is 0 Å². The van der Waals surface area contributed by atoms with Gasteiger partial charge in [-0.1, -0.05) is 15.9 Å². The standard InChI is InChI=1S/C15H18BrN5O/c1-20(2)7-3-6-18-21-9-17-13-11-8-10(16)4-5-12(11)19-14(13)15(21)22/h4-5,8-9,18-19H,3,6-7H2,1-2H3/p+1. The SMILES string of the molecule is C[NH+](C)CCCNn1cnc2c([nH]c3ccc(Br)cc32)c1=O. The molecule has 2 heterocycles. The van der Waals surface area contributed by atoms with Gasteiger partial charge in [0.25, 0.3) is 5.56 Å². The number of nitrogens with one attached hydrogen (secondary N) is 3. The predicted molar refractivity (Wildman–Crippen MR) is 92.1 cm³/mol. The molecule has 0 unspecified atom stereocenters. The van der Waals surface area contributed by atoms with Crippen LogP contribution in [0, 0.1) is 0 Å². The minimum absolute atomic E-state index is 0.102. The Kier molecular flexibility index (Phi) is 4.17. The largest absolute Gasteiger partial charge is 0.349 e. The van der Waals surface area contributed by atoms with Crippen LogP contribution in [0.4, 0.5) is 0 Å². The lowest BCUT2D eigenvalue weighted by molar-refractivity contribution is -0.858. The molecular formula is C15H19BrN5O+. The van der Waals surface area contributed by atoms with E-state index < -0.39 is 0 Å². The molecular weight excluding hydrogens is 346 g/mol. The maximum atomic E-state index is 12.5. The summed E-state index contributed by atoms with van der Waals surface area (Å²) in [5.41, 5.74) is 5.16. The first-order valence-corrected chi connectivity index (χ1v) is 8.07. The zero-order chi connectivity index (χ0) is 15.7. The van der Waals surface area contributed by atoms with Gasteiger partial charge >= 0.3 is 0 Å². The topological polar surface area (TPSA) is 67.2 Å². The average Bonchev–Trinajstić information content (AvgIpc) is 2.84. The molecule has 0 aliphatic rings. The third-order valence-electron chi connectivity index (χ3n) is 3.60. The van der Waals surface area contributed by atoms with Crippen molar-refractivity contribution in [3.63, 3.8) is 0 Å². The molecule has 22 heavy (non-hydrogen) atoms. The normalized spacial score (nSPS) is 11.6. The van der Waals surface area contributed by atoms with Crippen LogP contribution in [0.15, 0.2) is 33.8 Å². The van der Waals surface area contributed by atoms with Crippen LogP contribution in [-0.2, 0) is 0 Å². The maximum Gasteiger partial charge on any atom is 0.296 e. The van der Waals surface area contributed by atoms with E-state index in [1.807, 2.05) is 18.2 Å². The summed E-state index contributed by atoms with van der Waals surface area (Å²) in [7, 11) is 4.23. The molecule has 3 aromatic rings. The number of fused-ring (bicyclic) bond motifs is 3. The molecule has 0 saturated carbocycles. The van der Waals surface area contributed by atoms with Gasteiger partial charge in [-0.3, -0.25) is 4.79 Å². The minimum atomic E-state index is -0.102. The number of aromatic nitrogens is 3. The average molecular weight is 365 g/mol. The van der Waals surface area contributed by atoms with Gasteiger partial charge in [0.2, 0.25) is 0 Å². The van der Waals surface area contributed by atoms with Gasteiger partial charge in [-0.25, -0.2) is 9.66 Å². The first-order chi connectivity index (χ1) is 10.6. The summed E-state index contributed by atoms with van der Waals surface area (Å²) in [6.45, 7) is 1.79. The first kappa shape index (κ1) is 15.1. The second-order valence-electron chi connectivity index (χ2n) is 5.68. The molecule has 2 aromatic heterocycles. The summed E-state index contributed by atoms with van der Waals surface area (Å²) >= 11 is 3.45. The van der Waals surface area contributed by atoms with E-state index in [2.05, 4.69) is 45.4 Å². The second kappa shape index (κ2) is 6.10. The zero-order valence-electron chi connectivity index (χ0n) is 12.6. The monoisotopic (exact) mass is 364 g/mol. The van der Waals surface area contributed by atoms with Crippen LogP contribution >= 0.6 is 15.9 Å². The van der Waals surface area contributed by atoms with E-state index in [4.69, 9.17) is 0 Å². The van der Waals surface area contributed by atoms with E-state index >= 15 is 0 Å². The molecule has 116 valence electrons. The number of H-pyrrole nitrogens is 1. The molecule has 3 N–H and O–H groups in total. The summed E-state index contributed by atoms with van der Waals surface area (Å²) in [5, 5.41) is 0.949. The van der Waals surface area contributed by atoms with Gasteiger partial charge in [0, 0.05) is 28.3 Å². The van der Waals surface area contributed by atoms with E-state index in [1.165, 1.54) is 9.58 Å². The van der Waals surface area contributed by atoms with Gasteiger partial charge in [0.15, 0.2) is 0 Å². The quantitative estimate of drug-likeness (QED) is 0.584. The summed E-state index contributed by atoms with van der Waals surface area (Å²) < 4.78 is 2.42. The van der Waals surface area contributed by atoms with Crippen LogP contribution in [0.3, 0.4) is 0 Å². The molecule has 0 spiro atoms. The number of hydrogen-bond donors (Lipinski definition) is 3. The fourth-order valence-electron chi connectivity index (χ4n) is 2.48. The third-order valence-corrected chi connectivity index (χ3v) is 4.10. The van der Waals surface area contributed by atoms with E-state index in [1.54, 1.807) is 6.33 Å². The lowest BCUT2D eigenvalue weighted by atomic mass is 10.2. The van der Waals surface area contributed by atoms with Gasteiger partial charge in [0.05, 0.1) is 20.6 Å². The van der Waals surface area contributed by atoms with Crippen LogP contribution in [0.25, 0.3) is 21.9 Å². The lowest BCUT2D eigenvalue weighted by Crippen LogP contribution is -3.05. The van der Waals surface area contributed by atoms with Gasteiger partial charge in [-0.05, 0) is 18.2 Å². The van der Waals surface area contributed by atoms with Gasteiger partial charge < -0.3 is 15.3 Å². The first-order valence-electron chi connectivity index (χ1n) is 7.28. The Morgan fingerprint density at radius 2 is 2.23 bits per heavy atom. The van der Waals surface area contributed by atoms with E-state index in [0.29, 0.717) is 11.0 Å². The summed E-state index contributed by atoms with van der Waals surface area (Å²) in [6.07, 6.45) is 2.55. The smallest absolute Gasteiger partial charge is 0.296 e. The molecule has 0 radical (unpaired) electrons. The van der Waals surface area contributed by atoms with Gasteiger partial charge in [-0.2, -0.15) is 0 Å². The Morgan fingerprint density at radius 3 is 3.00 bits per heavy atom. The number of benzene rings is 1. The van der Waals surface area contributed by atoms with Crippen molar-refractivity contribution in [3.8, 4) is 0 Å². The highest BCUT2D eigenvalue weighted by Gasteiger charge is 2.11. The van der Waals surface area contributed by atoms with Crippen LogP contribution in [-0.4, -0.2) is 41.8 Å². The van der Waals surface area contributed by atoms with Crippen LogP contribution < -0.4 is 15.9 Å². The van der Waals surface area contributed by atoms with Crippen LogP contribution in [0.1, 0.15) is 6.42 Å². The molecule has 6 nitrogen and oxygen atoms in total. The number of hydrogen-bond acceptors (Lipinski definition) is 3. The van der Waals surface area contributed by atoms with Crippen LogP contribution in [0.5, 0.6) is 0 Å². The Balaban J connectivity index is 1.92. The Bertz CT molecular complexity index is 867. The number of quaternary nitrogens is 1. The summed E-state index contributed by atoms with van der Waals surface area (Å²) in [6, 6.07) is 5.86. The molecule has 1 aromatic carbocycles. The number of aromatic amines is 1. The van der Waals surface area contributed by atoms with Gasteiger partial charge in [0.1, 0.15) is 17.4 Å². The Hall–Kier alpha value is -1.86. The number of halogens is 1. The molecule has 0 atom stereocenters. The van der Waals surface area contributed by atoms with Crippen molar-refractivity contribution in [2.75, 3.05) is 32.6 Å². The summed E-state index contributed by atoms with van der Waals surface area (Å²) in [4.78, 5) is 21.5. The summed E-state index contributed by atoms with van der Waals surface area (Å²) in [5.74, 6) is 0. The van der Waals surface area contributed by atoms with Crippen molar-refractivity contribution < 1.29 is 4.90 Å². The second-order valence-corrected chi connectivity index (χ2v) is 6.59. The molecule has 0 amide bonds. The van der Waals surface area contributed by atoms with E-state index in [9.17, 15) is 4.79 Å². The Morgan fingerprint density at radius 1 is 1.41 bits per heavy atom. The van der Waals surface area contributed by atoms with Crippen molar-refractivity contribution in [2.24, 2.45) is 0 Å². The molecule has 0 bridgehead atoms. The number of rotatable bonds is 5. The lowest BCUT2D eigenvalue weighted by Gasteiger charge is -2.10. The molecule has 0 saturated heterocycles. The highest BCUT2D eigenvalue weighted by Crippen LogP contribution is 2.24. The van der Waals surface area contributed by atoms with Crippen LogP contribution in [0.2, 0.25) is 0 Å². The highest BCUT2D eigenvalue weighted by atomic mass is 79.9. The fourth-order valence-corrected chi connectivity index (χ4v) is 2.84. The fraction of sp³-hybridized carbons (Fsp3) is 0.333. The van der Waals surface area contributed by atoms with E-state index in [-0.39, 0.29) is 5.56 Å². The van der Waals surface area contributed by atoms with E-state index in [0.717, 1.165) is 34.9 Å². The molecule has 3 rings (SSSR count). The minimum Gasteiger partial charge on any atom is -0.349 e.